The number of benzene rings is 2. The molecule has 2 aromatic rings. The molecule has 0 atom stereocenters. The van der Waals surface area contributed by atoms with Crippen molar-refractivity contribution in [1.82, 2.24) is 0 Å². The largest absolute Gasteiger partial charge is 0.508 e. The maximum Gasteiger partial charge on any atom is 0.119 e. The van der Waals surface area contributed by atoms with E-state index in [0.29, 0.717) is 5.75 Å². The fourth-order valence-electron chi connectivity index (χ4n) is 1.32. The molecule has 1 nitrogen and oxygen atoms in total. The van der Waals surface area contributed by atoms with Crippen LogP contribution in [0.4, 0.5) is 0 Å². The van der Waals surface area contributed by atoms with Crippen LogP contribution in [0.3, 0.4) is 0 Å². The van der Waals surface area contributed by atoms with Crippen molar-refractivity contribution in [2.45, 2.75) is 10.6 Å². The van der Waals surface area contributed by atoms with Crippen LogP contribution in [0.15, 0.2) is 53.4 Å². The van der Waals surface area contributed by atoms with Crippen LogP contribution in [0.2, 0.25) is 5.02 Å². The van der Waals surface area contributed by atoms with Crippen molar-refractivity contribution in [3.63, 3.8) is 0 Å². The summed E-state index contributed by atoms with van der Waals surface area (Å²) in [5.74, 6) is 1.11. The lowest BCUT2D eigenvalue weighted by Crippen LogP contribution is -1.81. The second-order valence-corrected chi connectivity index (χ2v) is 4.86. The number of hydrogen-bond donors (Lipinski definition) is 1. The third-order valence-electron chi connectivity index (χ3n) is 2.20. The van der Waals surface area contributed by atoms with Gasteiger partial charge in [0, 0.05) is 21.2 Å². The highest BCUT2D eigenvalue weighted by Gasteiger charge is 2.00. The van der Waals surface area contributed by atoms with Gasteiger partial charge < -0.3 is 5.11 Å². The first kappa shape index (κ1) is 11.4. The lowest BCUT2D eigenvalue weighted by Gasteiger charge is -2.04. The number of aromatic hydroxyl groups is 1. The standard InChI is InChI=1S/C13H11ClOS/c14-11-5-7-12(8-6-11)16-9-10-3-1-2-4-13(10)15/h1-8,15H,9H2. The van der Waals surface area contributed by atoms with E-state index in [1.165, 1.54) is 0 Å². The van der Waals surface area contributed by atoms with E-state index >= 15 is 0 Å². The van der Waals surface area contributed by atoms with Crippen molar-refractivity contribution in [3.8, 4) is 5.75 Å². The molecule has 0 unspecified atom stereocenters. The molecule has 0 saturated heterocycles. The van der Waals surface area contributed by atoms with E-state index in [0.717, 1.165) is 21.2 Å². The molecule has 0 aliphatic carbocycles. The molecule has 0 saturated carbocycles. The first-order chi connectivity index (χ1) is 7.75. The number of rotatable bonds is 3. The Kier molecular flexibility index (Phi) is 3.75. The van der Waals surface area contributed by atoms with Gasteiger partial charge in [-0.25, -0.2) is 0 Å². The summed E-state index contributed by atoms with van der Waals surface area (Å²) in [6.45, 7) is 0. The van der Waals surface area contributed by atoms with Gasteiger partial charge in [0.15, 0.2) is 0 Å². The van der Waals surface area contributed by atoms with Crippen LogP contribution in [0, 0.1) is 0 Å². The Morgan fingerprint density at radius 2 is 1.69 bits per heavy atom. The lowest BCUT2D eigenvalue weighted by atomic mass is 10.2. The predicted octanol–water partition coefficient (Wildman–Crippen LogP) is 4.34. The van der Waals surface area contributed by atoms with Crippen LogP contribution in [0.1, 0.15) is 5.56 Å². The summed E-state index contributed by atoms with van der Waals surface area (Å²) in [6, 6.07) is 15.1. The molecule has 2 rings (SSSR count). The molecular weight excluding hydrogens is 240 g/mol. The van der Waals surface area contributed by atoms with Gasteiger partial charge in [-0.15, -0.1) is 11.8 Å². The molecule has 0 heterocycles. The van der Waals surface area contributed by atoms with Crippen LogP contribution in [-0.4, -0.2) is 5.11 Å². The van der Waals surface area contributed by atoms with E-state index in [4.69, 9.17) is 11.6 Å². The van der Waals surface area contributed by atoms with Crippen LogP contribution in [-0.2, 0) is 5.75 Å². The van der Waals surface area contributed by atoms with E-state index in [2.05, 4.69) is 0 Å². The number of halogens is 1. The van der Waals surface area contributed by atoms with Gasteiger partial charge in [0.25, 0.3) is 0 Å². The number of phenols is 1. The third kappa shape index (κ3) is 2.94. The maximum atomic E-state index is 9.60. The molecule has 1 N–H and O–H groups in total. The normalized spacial score (nSPS) is 10.3. The summed E-state index contributed by atoms with van der Waals surface area (Å²) in [6.07, 6.45) is 0. The molecular formula is C13H11ClOS. The Morgan fingerprint density at radius 1 is 1.00 bits per heavy atom. The van der Waals surface area contributed by atoms with E-state index in [-0.39, 0.29) is 0 Å². The summed E-state index contributed by atoms with van der Waals surface area (Å²) in [4.78, 5) is 1.15. The second-order valence-electron chi connectivity index (χ2n) is 3.37. The molecule has 3 heteroatoms. The zero-order valence-corrected chi connectivity index (χ0v) is 10.1. The Morgan fingerprint density at radius 3 is 2.38 bits per heavy atom. The smallest absolute Gasteiger partial charge is 0.119 e. The molecule has 16 heavy (non-hydrogen) atoms. The lowest BCUT2D eigenvalue weighted by molar-refractivity contribution is 0.470. The highest BCUT2D eigenvalue weighted by molar-refractivity contribution is 7.98. The van der Waals surface area contributed by atoms with Gasteiger partial charge >= 0.3 is 0 Å². The van der Waals surface area contributed by atoms with Crippen molar-refractivity contribution < 1.29 is 5.11 Å². The molecule has 0 aliphatic heterocycles. The molecule has 0 fully saturated rings. The Hall–Kier alpha value is -1.12. The minimum atomic E-state index is 0.351. The van der Waals surface area contributed by atoms with Crippen LogP contribution >= 0.6 is 23.4 Å². The quantitative estimate of drug-likeness (QED) is 0.818. The van der Waals surface area contributed by atoms with Gasteiger partial charge in [0.1, 0.15) is 5.75 Å². The average molecular weight is 251 g/mol. The summed E-state index contributed by atoms with van der Waals surface area (Å²) < 4.78 is 0. The first-order valence-electron chi connectivity index (χ1n) is 4.91. The fourth-order valence-corrected chi connectivity index (χ4v) is 2.35. The van der Waals surface area contributed by atoms with E-state index in [9.17, 15) is 5.11 Å². The Labute approximate surface area is 104 Å². The zero-order valence-electron chi connectivity index (χ0n) is 8.56. The Bertz CT molecular complexity index is 468. The van der Waals surface area contributed by atoms with Gasteiger partial charge in [-0.1, -0.05) is 29.8 Å². The molecule has 82 valence electrons. The SMILES string of the molecule is Oc1ccccc1CSc1ccc(Cl)cc1. The topological polar surface area (TPSA) is 20.2 Å². The highest BCUT2D eigenvalue weighted by Crippen LogP contribution is 2.27. The summed E-state index contributed by atoms with van der Waals surface area (Å²) >= 11 is 7.48. The van der Waals surface area contributed by atoms with E-state index < -0.39 is 0 Å². The number of phenolic OH excluding ortho intramolecular Hbond substituents is 1. The molecule has 0 aliphatic rings. The van der Waals surface area contributed by atoms with Crippen molar-refractivity contribution in [2.24, 2.45) is 0 Å². The molecule has 0 radical (unpaired) electrons. The van der Waals surface area contributed by atoms with Crippen LogP contribution < -0.4 is 0 Å². The third-order valence-corrected chi connectivity index (χ3v) is 3.51. The number of para-hydroxylation sites is 1. The van der Waals surface area contributed by atoms with Crippen molar-refractivity contribution in [1.29, 1.82) is 0 Å². The average Bonchev–Trinajstić information content (AvgIpc) is 2.30. The minimum absolute atomic E-state index is 0.351. The van der Waals surface area contributed by atoms with Gasteiger partial charge in [0.2, 0.25) is 0 Å². The highest BCUT2D eigenvalue weighted by atomic mass is 35.5. The second kappa shape index (κ2) is 5.28. The summed E-state index contributed by atoms with van der Waals surface area (Å²) in [5, 5.41) is 10.3. The Balaban J connectivity index is 2.02. The monoisotopic (exact) mass is 250 g/mol. The van der Waals surface area contributed by atoms with Crippen LogP contribution in [0.25, 0.3) is 0 Å². The van der Waals surface area contributed by atoms with Crippen molar-refractivity contribution in [2.75, 3.05) is 0 Å². The minimum Gasteiger partial charge on any atom is -0.508 e. The van der Waals surface area contributed by atoms with Gasteiger partial charge in [-0.3, -0.25) is 0 Å². The fraction of sp³-hybridized carbons (Fsp3) is 0.0769. The van der Waals surface area contributed by atoms with Gasteiger partial charge in [-0.05, 0) is 30.3 Å². The molecule has 0 bridgehead atoms. The predicted molar refractivity (Wildman–Crippen MR) is 69.1 cm³/mol. The number of thioether (sulfide) groups is 1. The van der Waals surface area contributed by atoms with Gasteiger partial charge in [-0.2, -0.15) is 0 Å². The van der Waals surface area contributed by atoms with Crippen molar-refractivity contribution >= 4 is 23.4 Å². The maximum absolute atomic E-state index is 9.60. The van der Waals surface area contributed by atoms with E-state index in [1.807, 2.05) is 42.5 Å². The first-order valence-corrected chi connectivity index (χ1v) is 6.27. The number of hydrogen-bond acceptors (Lipinski definition) is 2. The van der Waals surface area contributed by atoms with Crippen molar-refractivity contribution in [3.05, 3.63) is 59.1 Å². The van der Waals surface area contributed by atoms with Crippen LogP contribution in [0.5, 0.6) is 5.75 Å². The molecule has 0 aromatic heterocycles. The molecule has 2 aromatic carbocycles. The summed E-state index contributed by atoms with van der Waals surface area (Å²) in [7, 11) is 0. The molecule has 0 amide bonds. The summed E-state index contributed by atoms with van der Waals surface area (Å²) in [5.41, 5.74) is 0.947. The van der Waals surface area contributed by atoms with E-state index in [1.54, 1.807) is 17.8 Å². The zero-order chi connectivity index (χ0) is 11.4. The molecule has 0 spiro atoms. The van der Waals surface area contributed by atoms with Gasteiger partial charge in [0.05, 0.1) is 0 Å².